The summed E-state index contributed by atoms with van der Waals surface area (Å²) in [5, 5.41) is 13.5. The lowest BCUT2D eigenvalue weighted by Crippen LogP contribution is -2.54. The van der Waals surface area contributed by atoms with Gasteiger partial charge in [-0.3, -0.25) is 14.4 Å². The Labute approximate surface area is 138 Å². The normalized spacial score (nSPS) is 26.2. The Morgan fingerprint density at radius 2 is 2.17 bits per heavy atom. The number of β-amino-alcohol motifs (C(OH)–C–C–N with tert-alkyl or cyclic N) is 1. The van der Waals surface area contributed by atoms with Crippen molar-refractivity contribution in [3.8, 4) is 0 Å². The van der Waals surface area contributed by atoms with E-state index in [1.165, 1.54) is 24.1 Å². The van der Waals surface area contributed by atoms with E-state index in [1.54, 1.807) is 0 Å². The van der Waals surface area contributed by atoms with Gasteiger partial charge in [0, 0.05) is 56.3 Å². The highest BCUT2D eigenvalue weighted by Gasteiger charge is 2.41. The van der Waals surface area contributed by atoms with E-state index in [9.17, 15) is 9.90 Å². The number of rotatable bonds is 4. The van der Waals surface area contributed by atoms with E-state index in [0.29, 0.717) is 13.0 Å². The summed E-state index contributed by atoms with van der Waals surface area (Å²) in [5.41, 5.74) is 2.73. The molecule has 3 heterocycles. The number of likely N-dealkylation sites (tertiary alicyclic amines) is 2. The van der Waals surface area contributed by atoms with Crippen molar-refractivity contribution in [3.63, 3.8) is 0 Å². The Morgan fingerprint density at radius 3 is 2.87 bits per heavy atom. The first-order chi connectivity index (χ1) is 11.0. The van der Waals surface area contributed by atoms with E-state index < -0.39 is 0 Å². The topological polar surface area (TPSA) is 61.6 Å². The fourth-order valence-electron chi connectivity index (χ4n) is 4.15. The molecule has 1 atom stereocenters. The zero-order chi connectivity index (χ0) is 16.4. The van der Waals surface area contributed by atoms with Crippen molar-refractivity contribution in [1.82, 2.24) is 19.6 Å². The summed E-state index contributed by atoms with van der Waals surface area (Å²) in [5.74, 6) is 0.199. The molecule has 1 amide bonds. The van der Waals surface area contributed by atoms with Gasteiger partial charge in [-0.2, -0.15) is 5.10 Å². The SMILES string of the molecule is Cc1c(CN2CCC[C@]3(CCC(=O)N(CCO)C3)C2)cnn1C. The predicted octanol–water partition coefficient (Wildman–Crippen LogP) is 0.925. The summed E-state index contributed by atoms with van der Waals surface area (Å²) in [7, 11) is 1.98. The van der Waals surface area contributed by atoms with E-state index in [1.807, 2.05) is 22.8 Å². The highest BCUT2D eigenvalue weighted by atomic mass is 16.3. The van der Waals surface area contributed by atoms with Crippen molar-refractivity contribution in [3.05, 3.63) is 17.5 Å². The first-order valence-electron chi connectivity index (χ1n) is 8.61. The smallest absolute Gasteiger partial charge is 0.222 e. The Kier molecular flexibility index (Phi) is 4.73. The van der Waals surface area contributed by atoms with Gasteiger partial charge in [0.1, 0.15) is 0 Å². The van der Waals surface area contributed by atoms with Crippen LogP contribution >= 0.6 is 0 Å². The van der Waals surface area contributed by atoms with Gasteiger partial charge in [-0.25, -0.2) is 0 Å². The van der Waals surface area contributed by atoms with E-state index >= 15 is 0 Å². The van der Waals surface area contributed by atoms with E-state index in [0.717, 1.165) is 32.6 Å². The third-order valence-electron chi connectivity index (χ3n) is 5.59. The number of hydrogen-bond donors (Lipinski definition) is 1. The summed E-state index contributed by atoms with van der Waals surface area (Å²) in [6.07, 6.45) is 5.94. The number of aliphatic hydroxyl groups excluding tert-OH is 1. The molecule has 1 N–H and O–H groups in total. The van der Waals surface area contributed by atoms with E-state index in [4.69, 9.17) is 0 Å². The van der Waals surface area contributed by atoms with Crippen molar-refractivity contribution >= 4 is 5.91 Å². The minimum atomic E-state index is 0.0560. The van der Waals surface area contributed by atoms with Crippen LogP contribution in [0.25, 0.3) is 0 Å². The van der Waals surface area contributed by atoms with Crippen LogP contribution in [0.1, 0.15) is 36.9 Å². The third-order valence-corrected chi connectivity index (χ3v) is 5.59. The maximum absolute atomic E-state index is 12.0. The number of nitrogens with zero attached hydrogens (tertiary/aromatic N) is 4. The number of carbonyl (C=O) groups excluding carboxylic acids is 1. The molecule has 2 aliphatic heterocycles. The first-order valence-corrected chi connectivity index (χ1v) is 8.61. The molecular formula is C17H28N4O2. The lowest BCUT2D eigenvalue weighted by atomic mass is 9.73. The quantitative estimate of drug-likeness (QED) is 0.896. The molecule has 1 spiro atoms. The average Bonchev–Trinajstić information content (AvgIpc) is 2.84. The monoisotopic (exact) mass is 320 g/mol. The summed E-state index contributed by atoms with van der Waals surface area (Å²) < 4.78 is 1.93. The summed E-state index contributed by atoms with van der Waals surface area (Å²) in [6.45, 7) is 6.54. The number of aliphatic hydroxyl groups is 1. The molecule has 0 aromatic carbocycles. The molecule has 2 saturated heterocycles. The number of aryl methyl sites for hydroxylation is 1. The second kappa shape index (κ2) is 6.61. The number of piperidine rings is 2. The summed E-state index contributed by atoms with van der Waals surface area (Å²) in [6, 6.07) is 0. The van der Waals surface area contributed by atoms with Crippen molar-refractivity contribution in [2.24, 2.45) is 12.5 Å². The van der Waals surface area contributed by atoms with Crippen molar-refractivity contribution < 1.29 is 9.90 Å². The van der Waals surface area contributed by atoms with Gasteiger partial charge in [0.2, 0.25) is 5.91 Å². The Morgan fingerprint density at radius 1 is 1.35 bits per heavy atom. The Bertz CT molecular complexity index is 571. The van der Waals surface area contributed by atoms with Gasteiger partial charge < -0.3 is 10.0 Å². The van der Waals surface area contributed by atoms with Crippen LogP contribution in [0.2, 0.25) is 0 Å². The maximum Gasteiger partial charge on any atom is 0.222 e. The van der Waals surface area contributed by atoms with Gasteiger partial charge in [-0.15, -0.1) is 0 Å². The van der Waals surface area contributed by atoms with Gasteiger partial charge in [-0.05, 0) is 32.7 Å². The Hall–Kier alpha value is -1.40. The molecule has 0 saturated carbocycles. The number of amides is 1. The van der Waals surface area contributed by atoms with Crippen LogP contribution in [-0.4, -0.2) is 63.4 Å². The minimum Gasteiger partial charge on any atom is -0.395 e. The van der Waals surface area contributed by atoms with Crippen molar-refractivity contribution in [2.75, 3.05) is 32.8 Å². The molecule has 23 heavy (non-hydrogen) atoms. The van der Waals surface area contributed by atoms with Gasteiger partial charge in [0.25, 0.3) is 0 Å². The zero-order valence-corrected chi connectivity index (χ0v) is 14.3. The van der Waals surface area contributed by atoms with Crippen LogP contribution in [0.15, 0.2) is 6.20 Å². The lowest BCUT2D eigenvalue weighted by molar-refractivity contribution is -0.140. The van der Waals surface area contributed by atoms with E-state index in [-0.39, 0.29) is 17.9 Å². The zero-order valence-electron chi connectivity index (χ0n) is 14.3. The molecule has 128 valence electrons. The predicted molar refractivity (Wildman–Crippen MR) is 87.8 cm³/mol. The third kappa shape index (κ3) is 3.43. The van der Waals surface area contributed by atoms with Crippen LogP contribution in [0.4, 0.5) is 0 Å². The highest BCUT2D eigenvalue weighted by molar-refractivity contribution is 5.77. The van der Waals surface area contributed by atoms with Crippen LogP contribution in [0, 0.1) is 12.3 Å². The molecule has 0 radical (unpaired) electrons. The number of carbonyl (C=O) groups is 1. The second-order valence-corrected chi connectivity index (χ2v) is 7.23. The van der Waals surface area contributed by atoms with Crippen LogP contribution in [0.5, 0.6) is 0 Å². The maximum atomic E-state index is 12.0. The van der Waals surface area contributed by atoms with Gasteiger partial charge >= 0.3 is 0 Å². The van der Waals surface area contributed by atoms with Gasteiger partial charge in [0.15, 0.2) is 0 Å². The number of hydrogen-bond acceptors (Lipinski definition) is 4. The molecule has 2 fully saturated rings. The van der Waals surface area contributed by atoms with Crippen LogP contribution in [-0.2, 0) is 18.4 Å². The molecule has 1 aromatic rings. The molecule has 3 rings (SSSR count). The van der Waals surface area contributed by atoms with Crippen molar-refractivity contribution in [1.29, 1.82) is 0 Å². The summed E-state index contributed by atoms with van der Waals surface area (Å²) in [4.78, 5) is 16.4. The number of aromatic nitrogens is 2. The molecular weight excluding hydrogens is 292 g/mol. The highest BCUT2D eigenvalue weighted by Crippen LogP contribution is 2.39. The largest absolute Gasteiger partial charge is 0.395 e. The fraction of sp³-hybridized carbons (Fsp3) is 0.765. The molecule has 1 aromatic heterocycles. The second-order valence-electron chi connectivity index (χ2n) is 7.23. The van der Waals surface area contributed by atoms with Crippen LogP contribution in [0.3, 0.4) is 0 Å². The first kappa shape index (κ1) is 16.5. The average molecular weight is 320 g/mol. The molecule has 6 nitrogen and oxygen atoms in total. The van der Waals surface area contributed by atoms with Gasteiger partial charge in [-0.1, -0.05) is 0 Å². The standard InChI is InChI=1S/C17H28N4O2/c1-14-15(10-18-19(14)2)11-20-7-3-5-17(12-20)6-4-16(23)21(13-17)8-9-22/h10,22H,3-9,11-13H2,1-2H3/t17-/m0/s1. The molecule has 0 bridgehead atoms. The molecule has 0 aliphatic carbocycles. The fourth-order valence-corrected chi connectivity index (χ4v) is 4.15. The summed E-state index contributed by atoms with van der Waals surface area (Å²) >= 11 is 0. The molecule has 6 heteroatoms. The van der Waals surface area contributed by atoms with Crippen LogP contribution < -0.4 is 0 Å². The van der Waals surface area contributed by atoms with Gasteiger partial charge in [0.05, 0.1) is 12.8 Å². The minimum absolute atomic E-state index is 0.0560. The van der Waals surface area contributed by atoms with E-state index in [2.05, 4.69) is 16.9 Å². The molecule has 2 aliphatic rings. The lowest BCUT2D eigenvalue weighted by Gasteiger charge is -2.48. The Balaban J connectivity index is 1.67. The van der Waals surface area contributed by atoms with Crippen molar-refractivity contribution in [2.45, 2.75) is 39.2 Å². The molecule has 0 unspecified atom stereocenters.